The summed E-state index contributed by atoms with van der Waals surface area (Å²) in [4.78, 5) is 20.9. The maximum absolute atomic E-state index is 11.7. The summed E-state index contributed by atoms with van der Waals surface area (Å²) >= 11 is 11.5. The Hall–Kier alpha value is -1.13. The number of carbonyl (C=O) groups is 1. The zero-order valence-corrected chi connectivity index (χ0v) is 9.87. The molecule has 1 atom stereocenters. The lowest BCUT2D eigenvalue weighted by molar-refractivity contribution is -0.117. The van der Waals surface area contributed by atoms with Gasteiger partial charge in [0.15, 0.2) is 5.15 Å². The van der Waals surface area contributed by atoms with E-state index in [0.717, 1.165) is 0 Å². The molecule has 2 heterocycles. The molecule has 0 bridgehead atoms. The normalized spacial score (nSPS) is 20.2. The standard InChI is InChI=1S/C10H9Cl2N3O/c1-2-6-3-8(16)15(5-6)7-4-13-10(12)14-9(7)11/h2,4,6H,1,3,5H2. The molecule has 1 aliphatic rings. The summed E-state index contributed by atoms with van der Waals surface area (Å²) in [6.07, 6.45) is 3.67. The second kappa shape index (κ2) is 4.39. The predicted octanol–water partition coefficient (Wildman–Crippen LogP) is 2.32. The topological polar surface area (TPSA) is 46.1 Å². The van der Waals surface area contributed by atoms with Crippen molar-refractivity contribution in [3.05, 3.63) is 29.3 Å². The molecule has 1 aromatic heterocycles. The van der Waals surface area contributed by atoms with Crippen LogP contribution in [0, 0.1) is 5.92 Å². The van der Waals surface area contributed by atoms with E-state index >= 15 is 0 Å². The Morgan fingerprint density at radius 1 is 1.56 bits per heavy atom. The average Bonchev–Trinajstić information content (AvgIpc) is 2.60. The van der Waals surface area contributed by atoms with Crippen LogP contribution in [0.25, 0.3) is 0 Å². The molecular weight excluding hydrogens is 249 g/mol. The summed E-state index contributed by atoms with van der Waals surface area (Å²) in [6, 6.07) is 0. The second-order valence-corrected chi connectivity index (χ2v) is 4.22. The van der Waals surface area contributed by atoms with Gasteiger partial charge in [0, 0.05) is 18.9 Å². The number of carbonyl (C=O) groups excluding carboxylic acids is 1. The number of anilines is 1. The highest BCUT2D eigenvalue weighted by molar-refractivity contribution is 6.34. The Morgan fingerprint density at radius 3 is 2.88 bits per heavy atom. The number of nitrogens with zero attached hydrogens (tertiary/aromatic N) is 3. The molecule has 6 heteroatoms. The molecule has 1 aliphatic heterocycles. The Morgan fingerprint density at radius 2 is 2.31 bits per heavy atom. The number of amides is 1. The fourth-order valence-electron chi connectivity index (χ4n) is 1.64. The Balaban J connectivity index is 2.31. The first-order chi connectivity index (χ1) is 7.61. The van der Waals surface area contributed by atoms with Gasteiger partial charge in [0.2, 0.25) is 11.2 Å². The van der Waals surface area contributed by atoms with Crippen LogP contribution in [-0.2, 0) is 4.79 Å². The minimum atomic E-state index is -0.00211. The third-order valence-electron chi connectivity index (χ3n) is 2.47. The molecule has 1 fully saturated rings. The van der Waals surface area contributed by atoms with Gasteiger partial charge < -0.3 is 4.90 Å². The lowest BCUT2D eigenvalue weighted by Gasteiger charge is -2.16. The van der Waals surface area contributed by atoms with E-state index in [-0.39, 0.29) is 22.3 Å². The first-order valence-electron chi connectivity index (χ1n) is 4.72. The van der Waals surface area contributed by atoms with Crippen molar-refractivity contribution in [3.63, 3.8) is 0 Å². The minimum absolute atomic E-state index is 0.00211. The molecule has 0 radical (unpaired) electrons. The van der Waals surface area contributed by atoms with Crippen molar-refractivity contribution in [2.75, 3.05) is 11.4 Å². The highest BCUT2D eigenvalue weighted by Gasteiger charge is 2.30. The third kappa shape index (κ3) is 2.03. The smallest absolute Gasteiger partial charge is 0.227 e. The van der Waals surface area contributed by atoms with E-state index in [0.29, 0.717) is 18.7 Å². The molecule has 0 saturated carbocycles. The number of hydrogen-bond donors (Lipinski definition) is 0. The zero-order chi connectivity index (χ0) is 11.7. The zero-order valence-electron chi connectivity index (χ0n) is 8.36. The van der Waals surface area contributed by atoms with Crippen LogP contribution in [0.3, 0.4) is 0 Å². The van der Waals surface area contributed by atoms with Gasteiger partial charge in [0.05, 0.1) is 6.20 Å². The number of aromatic nitrogens is 2. The van der Waals surface area contributed by atoms with Gasteiger partial charge in [-0.25, -0.2) is 9.97 Å². The first kappa shape index (κ1) is 11.4. The Kier molecular flexibility index (Phi) is 3.12. The first-order valence-corrected chi connectivity index (χ1v) is 5.48. The summed E-state index contributed by atoms with van der Waals surface area (Å²) in [5, 5.41) is 0.263. The van der Waals surface area contributed by atoms with Crippen LogP contribution in [0.2, 0.25) is 10.4 Å². The van der Waals surface area contributed by atoms with Crippen LogP contribution in [0.1, 0.15) is 6.42 Å². The Labute approximate surface area is 103 Å². The van der Waals surface area contributed by atoms with Crippen molar-refractivity contribution in [1.29, 1.82) is 0 Å². The Bertz CT molecular complexity index is 450. The van der Waals surface area contributed by atoms with Crippen LogP contribution in [0.4, 0.5) is 5.69 Å². The molecule has 1 amide bonds. The van der Waals surface area contributed by atoms with Gasteiger partial charge in [-0.15, -0.1) is 6.58 Å². The largest absolute Gasteiger partial charge is 0.308 e. The van der Waals surface area contributed by atoms with Crippen LogP contribution >= 0.6 is 23.2 Å². The van der Waals surface area contributed by atoms with E-state index in [1.165, 1.54) is 6.20 Å². The van der Waals surface area contributed by atoms with Gasteiger partial charge >= 0.3 is 0 Å². The van der Waals surface area contributed by atoms with Gasteiger partial charge in [-0.1, -0.05) is 17.7 Å². The monoisotopic (exact) mass is 257 g/mol. The fraction of sp³-hybridized carbons (Fsp3) is 0.300. The van der Waals surface area contributed by atoms with Gasteiger partial charge in [0.25, 0.3) is 0 Å². The summed E-state index contributed by atoms with van der Waals surface area (Å²) in [7, 11) is 0. The molecule has 0 spiro atoms. The van der Waals surface area contributed by atoms with Crippen LogP contribution in [0.5, 0.6) is 0 Å². The molecule has 16 heavy (non-hydrogen) atoms. The molecule has 1 aromatic rings. The summed E-state index contributed by atoms with van der Waals surface area (Å²) < 4.78 is 0. The predicted molar refractivity (Wildman–Crippen MR) is 62.7 cm³/mol. The van der Waals surface area contributed by atoms with Crippen molar-refractivity contribution in [1.82, 2.24) is 9.97 Å². The fourth-order valence-corrected chi connectivity index (χ4v) is 2.05. The summed E-state index contributed by atoms with van der Waals surface area (Å²) in [5.41, 5.74) is 0.500. The van der Waals surface area contributed by atoms with E-state index < -0.39 is 0 Å². The van der Waals surface area contributed by atoms with Crippen LogP contribution in [-0.4, -0.2) is 22.4 Å². The maximum Gasteiger partial charge on any atom is 0.227 e. The molecule has 1 saturated heterocycles. The molecule has 0 aliphatic carbocycles. The quantitative estimate of drug-likeness (QED) is 0.464. The average molecular weight is 258 g/mol. The van der Waals surface area contributed by atoms with E-state index in [9.17, 15) is 4.79 Å². The molecule has 2 rings (SSSR count). The SMILES string of the molecule is C=CC1CC(=O)N(c2cnc(Cl)nc2Cl)C1. The van der Waals surface area contributed by atoms with Gasteiger partial charge in [-0.05, 0) is 11.6 Å². The lowest BCUT2D eigenvalue weighted by Crippen LogP contribution is -2.25. The van der Waals surface area contributed by atoms with Gasteiger partial charge in [-0.3, -0.25) is 4.79 Å². The van der Waals surface area contributed by atoms with Crippen molar-refractivity contribution in [3.8, 4) is 0 Å². The van der Waals surface area contributed by atoms with Crippen molar-refractivity contribution >= 4 is 34.8 Å². The minimum Gasteiger partial charge on any atom is -0.308 e. The third-order valence-corrected chi connectivity index (χ3v) is 2.93. The van der Waals surface area contributed by atoms with Crippen LogP contribution in [0.15, 0.2) is 18.9 Å². The molecule has 0 aromatic carbocycles. The highest BCUT2D eigenvalue weighted by Crippen LogP contribution is 2.30. The van der Waals surface area contributed by atoms with E-state index in [4.69, 9.17) is 23.2 Å². The van der Waals surface area contributed by atoms with Gasteiger partial charge in [0.1, 0.15) is 5.69 Å². The second-order valence-electron chi connectivity index (χ2n) is 3.52. The summed E-state index contributed by atoms with van der Waals surface area (Å²) in [6.45, 7) is 4.24. The number of hydrogen-bond acceptors (Lipinski definition) is 3. The lowest BCUT2D eigenvalue weighted by atomic mass is 10.1. The molecule has 0 N–H and O–H groups in total. The van der Waals surface area contributed by atoms with Crippen LogP contribution < -0.4 is 4.90 Å². The molecular formula is C10H9Cl2N3O. The van der Waals surface area contributed by atoms with E-state index in [1.54, 1.807) is 11.0 Å². The number of halogens is 2. The molecule has 1 unspecified atom stereocenters. The summed E-state index contributed by atoms with van der Waals surface area (Å²) in [5.74, 6) is 0.150. The number of rotatable bonds is 2. The molecule has 84 valence electrons. The van der Waals surface area contributed by atoms with E-state index in [1.807, 2.05) is 0 Å². The maximum atomic E-state index is 11.7. The van der Waals surface area contributed by atoms with Crippen molar-refractivity contribution in [2.24, 2.45) is 5.92 Å². The van der Waals surface area contributed by atoms with Crippen molar-refractivity contribution in [2.45, 2.75) is 6.42 Å². The van der Waals surface area contributed by atoms with Gasteiger partial charge in [-0.2, -0.15) is 0 Å². The molecule has 4 nitrogen and oxygen atoms in total. The highest BCUT2D eigenvalue weighted by atomic mass is 35.5. The van der Waals surface area contributed by atoms with Crippen molar-refractivity contribution < 1.29 is 4.79 Å². The van der Waals surface area contributed by atoms with E-state index in [2.05, 4.69) is 16.5 Å².